The molecule has 78 valence electrons. The maximum Gasteiger partial charge on any atom is 0.0702 e. The van der Waals surface area contributed by atoms with E-state index >= 15 is 0 Å². The first kappa shape index (κ1) is 10.4. The Morgan fingerprint density at radius 3 is 3.06 bits per heavy atom. The molecule has 0 N–H and O–H groups in total. The van der Waals surface area contributed by atoms with Gasteiger partial charge in [0.1, 0.15) is 0 Å². The molecule has 0 fully saturated rings. The van der Waals surface area contributed by atoms with E-state index in [1.165, 1.54) is 0 Å². The van der Waals surface area contributed by atoms with Crippen molar-refractivity contribution in [1.29, 1.82) is 0 Å². The molecule has 0 saturated carbocycles. The molecule has 0 amide bonds. The van der Waals surface area contributed by atoms with E-state index in [0.29, 0.717) is 0 Å². The zero-order chi connectivity index (χ0) is 11.2. The Bertz CT molecular complexity index is 570. The molecule has 1 aromatic heterocycles. The average Bonchev–Trinajstić information content (AvgIpc) is 2.34. The number of aromatic nitrogens is 1. The van der Waals surface area contributed by atoms with Gasteiger partial charge in [0.05, 0.1) is 5.52 Å². The molecule has 16 heavy (non-hydrogen) atoms. The molecule has 0 aliphatic rings. The minimum Gasteiger partial charge on any atom is -0.255 e. The number of allylic oxidation sites excluding steroid dienone is 2. The summed E-state index contributed by atoms with van der Waals surface area (Å²) < 4.78 is 0. The van der Waals surface area contributed by atoms with E-state index in [4.69, 9.17) is 0 Å². The molecule has 1 heterocycles. The predicted octanol–water partition coefficient (Wildman–Crippen LogP) is 3.55. The summed E-state index contributed by atoms with van der Waals surface area (Å²) in [6.07, 6.45) is 6.76. The quantitative estimate of drug-likeness (QED) is 0.652. The summed E-state index contributed by atoms with van der Waals surface area (Å²) in [4.78, 5) is 4.35. The van der Waals surface area contributed by atoms with Crippen molar-refractivity contribution < 1.29 is 0 Å². The van der Waals surface area contributed by atoms with Gasteiger partial charge in [0.2, 0.25) is 0 Å². The molecular weight excluding hydrogens is 194 g/mol. The number of para-hydroxylation sites is 1. The Labute approximate surface area is 95.8 Å². The Hall–Kier alpha value is -2.07. The summed E-state index contributed by atoms with van der Waals surface area (Å²) in [6, 6.07) is 10.1. The molecule has 1 heteroatoms. The standard InChI is InChI=1S/C15H13N/c1-2-3-4-5-8-13-11-14-9-6-7-10-15(14)16-12-13/h3-4,6-7,9-12H,2H2,1H3/b4-3+. The smallest absolute Gasteiger partial charge is 0.0702 e. The minimum absolute atomic E-state index is 0.958. The summed E-state index contributed by atoms with van der Waals surface area (Å²) in [5.41, 5.74) is 1.97. The first-order valence-corrected chi connectivity index (χ1v) is 5.41. The van der Waals surface area contributed by atoms with Crippen LogP contribution in [0.15, 0.2) is 48.7 Å². The van der Waals surface area contributed by atoms with Gasteiger partial charge in [-0.25, -0.2) is 0 Å². The molecule has 0 atom stereocenters. The Morgan fingerprint density at radius 1 is 1.31 bits per heavy atom. The molecule has 1 aromatic carbocycles. The first-order valence-electron chi connectivity index (χ1n) is 5.41. The maximum atomic E-state index is 4.35. The molecule has 2 aromatic rings. The van der Waals surface area contributed by atoms with E-state index in [1.807, 2.05) is 36.5 Å². The van der Waals surface area contributed by atoms with Gasteiger partial charge in [-0.1, -0.05) is 43.0 Å². The van der Waals surface area contributed by atoms with Gasteiger partial charge in [-0.3, -0.25) is 4.98 Å². The zero-order valence-electron chi connectivity index (χ0n) is 9.27. The van der Waals surface area contributed by atoms with Crippen LogP contribution in [-0.2, 0) is 0 Å². The largest absolute Gasteiger partial charge is 0.255 e. The summed E-state index contributed by atoms with van der Waals surface area (Å²) in [7, 11) is 0. The third kappa shape index (κ3) is 2.49. The van der Waals surface area contributed by atoms with E-state index < -0.39 is 0 Å². The molecule has 0 saturated heterocycles. The van der Waals surface area contributed by atoms with Gasteiger partial charge in [0, 0.05) is 17.1 Å². The van der Waals surface area contributed by atoms with Crippen molar-refractivity contribution in [3.63, 3.8) is 0 Å². The fraction of sp³-hybridized carbons (Fsp3) is 0.133. The maximum absolute atomic E-state index is 4.35. The number of nitrogens with zero attached hydrogens (tertiary/aromatic N) is 1. The lowest BCUT2D eigenvalue weighted by atomic mass is 10.1. The van der Waals surface area contributed by atoms with Crippen LogP contribution >= 0.6 is 0 Å². The van der Waals surface area contributed by atoms with E-state index in [2.05, 4.69) is 35.9 Å². The van der Waals surface area contributed by atoms with Crippen LogP contribution < -0.4 is 0 Å². The van der Waals surface area contributed by atoms with Crippen molar-refractivity contribution in [3.05, 3.63) is 54.2 Å². The van der Waals surface area contributed by atoms with Gasteiger partial charge in [0.15, 0.2) is 0 Å². The van der Waals surface area contributed by atoms with Crippen LogP contribution in [0.1, 0.15) is 18.9 Å². The lowest BCUT2D eigenvalue weighted by molar-refractivity contribution is 1.23. The van der Waals surface area contributed by atoms with E-state index in [9.17, 15) is 0 Å². The number of hydrogen-bond donors (Lipinski definition) is 0. The second kappa shape index (κ2) is 5.14. The summed E-state index contributed by atoms with van der Waals surface area (Å²) in [6.45, 7) is 2.09. The second-order valence-electron chi connectivity index (χ2n) is 3.50. The predicted molar refractivity (Wildman–Crippen MR) is 68.1 cm³/mol. The number of rotatable bonds is 1. The molecule has 0 aliphatic heterocycles. The van der Waals surface area contributed by atoms with Crippen molar-refractivity contribution in [2.45, 2.75) is 13.3 Å². The van der Waals surface area contributed by atoms with E-state index in [1.54, 1.807) is 0 Å². The molecule has 1 nitrogen and oxygen atoms in total. The lowest BCUT2D eigenvalue weighted by Gasteiger charge is -1.95. The molecule has 0 unspecified atom stereocenters. The molecule has 0 spiro atoms. The molecule has 2 rings (SSSR count). The normalized spacial score (nSPS) is 10.3. The number of pyridine rings is 1. The fourth-order valence-corrected chi connectivity index (χ4v) is 1.44. The van der Waals surface area contributed by atoms with Crippen LogP contribution in [0.25, 0.3) is 10.9 Å². The van der Waals surface area contributed by atoms with E-state index in [0.717, 1.165) is 22.9 Å². The van der Waals surface area contributed by atoms with Crippen LogP contribution in [0.2, 0.25) is 0 Å². The van der Waals surface area contributed by atoms with Gasteiger partial charge in [-0.05, 0) is 24.6 Å². The van der Waals surface area contributed by atoms with Crippen molar-refractivity contribution in [3.8, 4) is 11.8 Å². The van der Waals surface area contributed by atoms with Gasteiger partial charge in [0.25, 0.3) is 0 Å². The topological polar surface area (TPSA) is 12.9 Å². The highest BCUT2D eigenvalue weighted by molar-refractivity contribution is 5.79. The van der Waals surface area contributed by atoms with Gasteiger partial charge < -0.3 is 0 Å². The molecule has 0 aliphatic carbocycles. The number of fused-ring (bicyclic) bond motifs is 1. The van der Waals surface area contributed by atoms with Crippen LogP contribution in [0.5, 0.6) is 0 Å². The van der Waals surface area contributed by atoms with Crippen LogP contribution in [-0.4, -0.2) is 4.98 Å². The molecule has 0 radical (unpaired) electrons. The van der Waals surface area contributed by atoms with Crippen molar-refractivity contribution in [1.82, 2.24) is 4.98 Å². The average molecular weight is 207 g/mol. The number of benzene rings is 1. The molecule has 0 bridgehead atoms. The summed E-state index contributed by atoms with van der Waals surface area (Å²) in [5, 5.41) is 1.13. The van der Waals surface area contributed by atoms with Gasteiger partial charge in [-0.15, -0.1) is 0 Å². The Morgan fingerprint density at radius 2 is 2.19 bits per heavy atom. The highest BCUT2D eigenvalue weighted by atomic mass is 14.6. The molecular formula is C15H13N. The highest BCUT2D eigenvalue weighted by Gasteiger charge is 1.93. The van der Waals surface area contributed by atoms with Crippen molar-refractivity contribution in [2.75, 3.05) is 0 Å². The minimum atomic E-state index is 0.958. The van der Waals surface area contributed by atoms with Crippen molar-refractivity contribution >= 4 is 10.9 Å². The van der Waals surface area contributed by atoms with Gasteiger partial charge >= 0.3 is 0 Å². The van der Waals surface area contributed by atoms with Crippen molar-refractivity contribution in [2.24, 2.45) is 0 Å². The zero-order valence-corrected chi connectivity index (χ0v) is 9.27. The Balaban J connectivity index is 2.31. The SMILES string of the molecule is CC/C=C/C#Cc1cnc2ccccc2c1. The van der Waals surface area contributed by atoms with Crippen LogP contribution in [0.3, 0.4) is 0 Å². The van der Waals surface area contributed by atoms with Crippen LogP contribution in [0.4, 0.5) is 0 Å². The Kier molecular flexibility index (Phi) is 3.35. The first-order chi connectivity index (χ1) is 7.90. The monoisotopic (exact) mass is 207 g/mol. The third-order valence-electron chi connectivity index (χ3n) is 2.24. The van der Waals surface area contributed by atoms with Gasteiger partial charge in [-0.2, -0.15) is 0 Å². The summed E-state index contributed by atoms with van der Waals surface area (Å²) in [5.74, 6) is 6.07. The fourth-order valence-electron chi connectivity index (χ4n) is 1.44. The number of hydrogen-bond acceptors (Lipinski definition) is 1. The highest BCUT2D eigenvalue weighted by Crippen LogP contribution is 2.11. The lowest BCUT2D eigenvalue weighted by Crippen LogP contribution is -1.80. The summed E-state index contributed by atoms with van der Waals surface area (Å²) >= 11 is 0. The van der Waals surface area contributed by atoms with E-state index in [-0.39, 0.29) is 0 Å². The second-order valence-corrected chi connectivity index (χ2v) is 3.50. The van der Waals surface area contributed by atoms with Crippen LogP contribution in [0, 0.1) is 11.8 Å². The third-order valence-corrected chi connectivity index (χ3v) is 2.24.